The smallest absolute Gasteiger partial charge is 0.224 e. The zero-order valence-corrected chi connectivity index (χ0v) is 13.5. The predicted octanol–water partition coefficient (Wildman–Crippen LogP) is 3.28. The maximum Gasteiger partial charge on any atom is 0.224 e. The van der Waals surface area contributed by atoms with Crippen LogP contribution in [0, 0.1) is 0 Å². The standard InChI is InChI=1S/C20H17N3O2/c24-15-6-3-13(4-7-15)12-22-19(25)11-14-5-8-16-18(10-14)23-17-2-1-9-21-20(16)17/h1-10,23-24H,11-12H2,(H,22,25). The Hall–Kier alpha value is -3.34. The van der Waals surface area contributed by atoms with Crippen LogP contribution in [-0.4, -0.2) is 21.0 Å². The van der Waals surface area contributed by atoms with E-state index in [1.807, 2.05) is 30.3 Å². The molecule has 4 aromatic rings. The Morgan fingerprint density at radius 2 is 1.84 bits per heavy atom. The van der Waals surface area contributed by atoms with Crippen LogP contribution in [0.3, 0.4) is 0 Å². The summed E-state index contributed by atoms with van der Waals surface area (Å²) in [6.07, 6.45) is 2.09. The number of hydrogen-bond donors (Lipinski definition) is 3. The second-order valence-electron chi connectivity index (χ2n) is 6.02. The molecule has 5 heteroatoms. The number of nitrogens with zero attached hydrogens (tertiary/aromatic N) is 1. The van der Waals surface area contributed by atoms with Crippen molar-refractivity contribution < 1.29 is 9.90 Å². The first-order chi connectivity index (χ1) is 12.2. The molecule has 0 unspecified atom stereocenters. The first kappa shape index (κ1) is 15.2. The van der Waals surface area contributed by atoms with E-state index in [9.17, 15) is 9.90 Å². The van der Waals surface area contributed by atoms with Gasteiger partial charge in [0.1, 0.15) is 5.75 Å². The van der Waals surface area contributed by atoms with Crippen molar-refractivity contribution >= 4 is 27.8 Å². The van der Waals surface area contributed by atoms with E-state index in [0.717, 1.165) is 33.1 Å². The van der Waals surface area contributed by atoms with Gasteiger partial charge in [-0.3, -0.25) is 9.78 Å². The van der Waals surface area contributed by atoms with Gasteiger partial charge in [0.05, 0.1) is 17.5 Å². The lowest BCUT2D eigenvalue weighted by molar-refractivity contribution is -0.120. The number of carbonyl (C=O) groups excluding carboxylic acids is 1. The molecule has 0 radical (unpaired) electrons. The Balaban J connectivity index is 1.47. The van der Waals surface area contributed by atoms with E-state index in [1.54, 1.807) is 30.5 Å². The third-order valence-corrected chi connectivity index (χ3v) is 4.21. The fraction of sp³-hybridized carbons (Fsp3) is 0.100. The van der Waals surface area contributed by atoms with Crippen molar-refractivity contribution in [1.82, 2.24) is 15.3 Å². The summed E-state index contributed by atoms with van der Waals surface area (Å²) in [6.45, 7) is 0.442. The van der Waals surface area contributed by atoms with E-state index >= 15 is 0 Å². The fourth-order valence-electron chi connectivity index (χ4n) is 2.94. The Labute approximate surface area is 144 Å². The summed E-state index contributed by atoms with van der Waals surface area (Å²) < 4.78 is 0. The molecular weight excluding hydrogens is 314 g/mol. The highest BCUT2D eigenvalue weighted by atomic mass is 16.3. The van der Waals surface area contributed by atoms with Crippen molar-refractivity contribution in [3.05, 3.63) is 71.9 Å². The summed E-state index contributed by atoms with van der Waals surface area (Å²) in [5.74, 6) is 0.179. The summed E-state index contributed by atoms with van der Waals surface area (Å²) in [5, 5.41) is 13.2. The van der Waals surface area contributed by atoms with E-state index in [4.69, 9.17) is 0 Å². The molecule has 0 saturated carbocycles. The molecule has 1 amide bonds. The molecule has 0 spiro atoms. The summed E-state index contributed by atoms with van der Waals surface area (Å²) in [7, 11) is 0. The summed E-state index contributed by atoms with van der Waals surface area (Å²) in [4.78, 5) is 19.9. The van der Waals surface area contributed by atoms with Crippen LogP contribution in [0.15, 0.2) is 60.8 Å². The van der Waals surface area contributed by atoms with E-state index in [-0.39, 0.29) is 11.7 Å². The molecule has 5 nitrogen and oxygen atoms in total. The number of hydrogen-bond acceptors (Lipinski definition) is 3. The molecule has 0 fully saturated rings. The highest BCUT2D eigenvalue weighted by Gasteiger charge is 2.08. The van der Waals surface area contributed by atoms with E-state index in [0.29, 0.717) is 13.0 Å². The zero-order chi connectivity index (χ0) is 17.2. The van der Waals surface area contributed by atoms with Crippen LogP contribution in [0.25, 0.3) is 21.9 Å². The molecule has 0 atom stereocenters. The number of rotatable bonds is 4. The van der Waals surface area contributed by atoms with Gasteiger partial charge in [-0.15, -0.1) is 0 Å². The molecule has 0 aliphatic rings. The van der Waals surface area contributed by atoms with Crippen LogP contribution in [0.1, 0.15) is 11.1 Å². The Kier molecular flexibility index (Phi) is 3.82. The summed E-state index contributed by atoms with van der Waals surface area (Å²) in [6, 6.07) is 16.7. The number of aromatic hydroxyl groups is 1. The summed E-state index contributed by atoms with van der Waals surface area (Å²) >= 11 is 0. The van der Waals surface area contributed by atoms with Gasteiger partial charge in [-0.25, -0.2) is 0 Å². The number of pyridine rings is 1. The molecule has 4 rings (SSSR count). The maximum atomic E-state index is 12.2. The Morgan fingerprint density at radius 1 is 1.04 bits per heavy atom. The van der Waals surface area contributed by atoms with Gasteiger partial charge in [-0.05, 0) is 41.5 Å². The molecule has 2 aromatic heterocycles. The molecule has 0 bridgehead atoms. The van der Waals surface area contributed by atoms with Crippen LogP contribution in [-0.2, 0) is 17.8 Å². The van der Waals surface area contributed by atoms with Crippen LogP contribution in [0.2, 0.25) is 0 Å². The lowest BCUT2D eigenvalue weighted by atomic mass is 10.1. The number of aromatic amines is 1. The van der Waals surface area contributed by atoms with Gasteiger partial charge >= 0.3 is 0 Å². The first-order valence-electron chi connectivity index (χ1n) is 8.09. The number of amides is 1. The van der Waals surface area contributed by atoms with Crippen molar-refractivity contribution in [2.45, 2.75) is 13.0 Å². The van der Waals surface area contributed by atoms with Crippen molar-refractivity contribution in [2.24, 2.45) is 0 Å². The van der Waals surface area contributed by atoms with Gasteiger partial charge in [0.15, 0.2) is 0 Å². The number of carbonyl (C=O) groups is 1. The van der Waals surface area contributed by atoms with Gasteiger partial charge in [0.25, 0.3) is 0 Å². The number of H-pyrrole nitrogens is 1. The number of aromatic nitrogens is 2. The highest BCUT2D eigenvalue weighted by molar-refractivity contribution is 6.05. The molecular formula is C20H17N3O2. The minimum Gasteiger partial charge on any atom is -0.508 e. The average molecular weight is 331 g/mol. The van der Waals surface area contributed by atoms with Crippen LogP contribution in [0.4, 0.5) is 0 Å². The molecule has 25 heavy (non-hydrogen) atoms. The number of fused-ring (bicyclic) bond motifs is 3. The van der Waals surface area contributed by atoms with Crippen molar-refractivity contribution in [3.8, 4) is 5.75 Å². The Morgan fingerprint density at radius 3 is 2.68 bits per heavy atom. The average Bonchev–Trinajstić information content (AvgIpc) is 2.99. The molecule has 0 aliphatic carbocycles. The van der Waals surface area contributed by atoms with E-state index in [2.05, 4.69) is 15.3 Å². The predicted molar refractivity (Wildman–Crippen MR) is 97.3 cm³/mol. The van der Waals surface area contributed by atoms with Crippen molar-refractivity contribution in [1.29, 1.82) is 0 Å². The van der Waals surface area contributed by atoms with Gasteiger partial charge in [-0.1, -0.05) is 24.3 Å². The monoisotopic (exact) mass is 331 g/mol. The first-order valence-corrected chi connectivity index (χ1v) is 8.09. The van der Waals surface area contributed by atoms with Crippen LogP contribution in [0.5, 0.6) is 5.75 Å². The fourth-order valence-corrected chi connectivity index (χ4v) is 2.94. The normalized spacial score (nSPS) is 11.0. The SMILES string of the molecule is O=C(Cc1ccc2c(c1)[nH]c1cccnc12)NCc1ccc(O)cc1. The zero-order valence-electron chi connectivity index (χ0n) is 13.5. The van der Waals surface area contributed by atoms with E-state index in [1.165, 1.54) is 0 Å². The quantitative estimate of drug-likeness (QED) is 0.537. The number of phenols is 1. The lowest BCUT2D eigenvalue weighted by Crippen LogP contribution is -2.24. The van der Waals surface area contributed by atoms with Gasteiger partial charge in [-0.2, -0.15) is 0 Å². The molecule has 2 heterocycles. The van der Waals surface area contributed by atoms with Crippen LogP contribution < -0.4 is 5.32 Å². The third-order valence-electron chi connectivity index (χ3n) is 4.21. The van der Waals surface area contributed by atoms with Crippen LogP contribution >= 0.6 is 0 Å². The lowest BCUT2D eigenvalue weighted by Gasteiger charge is -2.06. The number of nitrogens with one attached hydrogen (secondary N) is 2. The molecule has 3 N–H and O–H groups in total. The molecule has 124 valence electrons. The van der Waals surface area contributed by atoms with Gasteiger partial charge in [0, 0.05) is 23.6 Å². The molecule has 0 saturated heterocycles. The molecule has 0 aliphatic heterocycles. The highest BCUT2D eigenvalue weighted by Crippen LogP contribution is 2.24. The minimum atomic E-state index is -0.0401. The topological polar surface area (TPSA) is 78.0 Å². The largest absolute Gasteiger partial charge is 0.508 e. The summed E-state index contributed by atoms with van der Waals surface area (Å²) in [5.41, 5.74) is 4.82. The maximum absolute atomic E-state index is 12.2. The van der Waals surface area contributed by atoms with Gasteiger partial charge in [0.2, 0.25) is 5.91 Å². The third kappa shape index (κ3) is 3.17. The second-order valence-corrected chi connectivity index (χ2v) is 6.02. The number of benzene rings is 2. The second kappa shape index (κ2) is 6.28. The molecule has 2 aromatic carbocycles. The van der Waals surface area contributed by atoms with Gasteiger partial charge < -0.3 is 15.4 Å². The number of phenolic OH excluding ortho intramolecular Hbond substituents is 1. The van der Waals surface area contributed by atoms with Crippen molar-refractivity contribution in [3.63, 3.8) is 0 Å². The van der Waals surface area contributed by atoms with E-state index < -0.39 is 0 Å². The Bertz CT molecular complexity index is 1050. The minimum absolute atomic E-state index is 0.0401. The van der Waals surface area contributed by atoms with Crippen molar-refractivity contribution in [2.75, 3.05) is 0 Å².